The molecule has 20 heavy (non-hydrogen) atoms. The fourth-order valence-corrected chi connectivity index (χ4v) is 3.12. The maximum absolute atomic E-state index is 5.58. The van der Waals surface area contributed by atoms with Gasteiger partial charge in [0.1, 0.15) is 5.75 Å². The average Bonchev–Trinajstić information content (AvgIpc) is 2.95. The molecule has 1 N–H and O–H groups in total. The van der Waals surface area contributed by atoms with E-state index in [0.29, 0.717) is 6.04 Å². The van der Waals surface area contributed by atoms with Gasteiger partial charge < -0.3 is 15.0 Å². The lowest BCUT2D eigenvalue weighted by Crippen LogP contribution is -2.25. The number of rotatable bonds is 5. The Morgan fingerprint density at radius 1 is 1.30 bits per heavy atom. The molecule has 0 aromatic heterocycles. The van der Waals surface area contributed by atoms with E-state index in [-0.39, 0.29) is 0 Å². The molecule has 0 radical (unpaired) electrons. The highest BCUT2D eigenvalue weighted by atomic mass is 16.5. The third-order valence-electron chi connectivity index (χ3n) is 4.64. The standard InChI is InChI=1S/C17H28N2O/c1-12(2)14-9-10-19(11-14)15-7-6-8-16(20-5)17(15)13(3)18-4/h6-8,12-14,18H,9-11H2,1-5H3. The third-order valence-corrected chi connectivity index (χ3v) is 4.64. The number of ether oxygens (including phenoxy) is 1. The average molecular weight is 276 g/mol. The molecule has 0 bridgehead atoms. The number of anilines is 1. The van der Waals surface area contributed by atoms with Crippen molar-refractivity contribution in [2.24, 2.45) is 11.8 Å². The molecular formula is C17H28N2O. The van der Waals surface area contributed by atoms with Gasteiger partial charge in [-0.25, -0.2) is 0 Å². The summed E-state index contributed by atoms with van der Waals surface area (Å²) in [6.45, 7) is 9.17. The SMILES string of the molecule is CNC(C)c1c(OC)cccc1N1CCC(C(C)C)C1. The third kappa shape index (κ3) is 2.93. The van der Waals surface area contributed by atoms with E-state index in [1.165, 1.54) is 17.7 Å². The summed E-state index contributed by atoms with van der Waals surface area (Å²) in [6, 6.07) is 6.68. The Labute approximate surface area is 123 Å². The molecule has 2 atom stereocenters. The van der Waals surface area contributed by atoms with Crippen molar-refractivity contribution in [1.29, 1.82) is 0 Å². The number of nitrogens with zero attached hydrogens (tertiary/aromatic N) is 1. The quantitative estimate of drug-likeness (QED) is 0.891. The first-order valence-corrected chi connectivity index (χ1v) is 7.67. The highest BCUT2D eigenvalue weighted by Crippen LogP contribution is 2.37. The predicted octanol–water partition coefficient (Wildman–Crippen LogP) is 3.46. The van der Waals surface area contributed by atoms with Crippen molar-refractivity contribution in [2.75, 3.05) is 32.1 Å². The molecule has 1 heterocycles. The van der Waals surface area contributed by atoms with Gasteiger partial charge in [-0.1, -0.05) is 19.9 Å². The van der Waals surface area contributed by atoms with E-state index < -0.39 is 0 Å². The minimum atomic E-state index is 0.291. The Bertz CT molecular complexity index is 445. The highest BCUT2D eigenvalue weighted by molar-refractivity contribution is 5.61. The second kappa shape index (κ2) is 6.49. The van der Waals surface area contributed by atoms with Gasteiger partial charge in [0.25, 0.3) is 0 Å². The highest BCUT2D eigenvalue weighted by Gasteiger charge is 2.28. The first-order valence-electron chi connectivity index (χ1n) is 7.67. The lowest BCUT2D eigenvalue weighted by atomic mass is 9.95. The smallest absolute Gasteiger partial charge is 0.125 e. The molecule has 1 fully saturated rings. The van der Waals surface area contributed by atoms with Gasteiger partial charge in [0.05, 0.1) is 7.11 Å². The molecule has 3 heteroatoms. The van der Waals surface area contributed by atoms with Crippen LogP contribution in [0.3, 0.4) is 0 Å². The predicted molar refractivity (Wildman–Crippen MR) is 85.6 cm³/mol. The number of methoxy groups -OCH3 is 1. The van der Waals surface area contributed by atoms with Crippen LogP contribution < -0.4 is 15.0 Å². The summed E-state index contributed by atoms with van der Waals surface area (Å²) in [4.78, 5) is 2.52. The number of benzene rings is 1. The minimum Gasteiger partial charge on any atom is -0.496 e. The molecule has 112 valence electrons. The van der Waals surface area contributed by atoms with E-state index in [4.69, 9.17) is 4.74 Å². The molecule has 0 aliphatic carbocycles. The summed E-state index contributed by atoms with van der Waals surface area (Å²) >= 11 is 0. The first-order chi connectivity index (χ1) is 9.58. The van der Waals surface area contributed by atoms with Crippen molar-refractivity contribution in [3.8, 4) is 5.75 Å². The van der Waals surface area contributed by atoms with Crippen LogP contribution in [-0.4, -0.2) is 27.2 Å². The van der Waals surface area contributed by atoms with Crippen molar-refractivity contribution in [1.82, 2.24) is 5.32 Å². The van der Waals surface area contributed by atoms with E-state index in [0.717, 1.165) is 30.7 Å². The first kappa shape index (κ1) is 15.2. The molecule has 0 amide bonds. The summed E-state index contributed by atoms with van der Waals surface area (Å²) in [5.41, 5.74) is 2.61. The lowest BCUT2D eigenvalue weighted by molar-refractivity contribution is 0.403. The van der Waals surface area contributed by atoms with Gasteiger partial charge >= 0.3 is 0 Å². The maximum Gasteiger partial charge on any atom is 0.125 e. The molecule has 1 saturated heterocycles. The Hall–Kier alpha value is -1.22. The van der Waals surface area contributed by atoms with Crippen LogP contribution in [-0.2, 0) is 0 Å². The van der Waals surface area contributed by atoms with E-state index in [1.54, 1.807) is 7.11 Å². The fraction of sp³-hybridized carbons (Fsp3) is 0.647. The van der Waals surface area contributed by atoms with Crippen molar-refractivity contribution in [3.63, 3.8) is 0 Å². The van der Waals surface area contributed by atoms with Crippen LogP contribution >= 0.6 is 0 Å². The van der Waals surface area contributed by atoms with Crippen LogP contribution in [0.15, 0.2) is 18.2 Å². The lowest BCUT2D eigenvalue weighted by Gasteiger charge is -2.27. The molecule has 2 rings (SSSR count). The van der Waals surface area contributed by atoms with Crippen LogP contribution in [0.25, 0.3) is 0 Å². The van der Waals surface area contributed by atoms with Gasteiger partial charge in [-0.15, -0.1) is 0 Å². The van der Waals surface area contributed by atoms with Gasteiger partial charge in [0, 0.05) is 30.4 Å². The van der Waals surface area contributed by atoms with Crippen LogP contribution in [0.5, 0.6) is 5.75 Å². The van der Waals surface area contributed by atoms with Gasteiger partial charge in [-0.3, -0.25) is 0 Å². The van der Waals surface area contributed by atoms with Crippen molar-refractivity contribution < 1.29 is 4.74 Å². The molecule has 1 aliphatic rings. The molecule has 0 spiro atoms. The van der Waals surface area contributed by atoms with Crippen molar-refractivity contribution in [2.45, 2.75) is 33.2 Å². The van der Waals surface area contributed by atoms with E-state index in [1.807, 2.05) is 7.05 Å². The van der Waals surface area contributed by atoms with Gasteiger partial charge in [0.2, 0.25) is 0 Å². The van der Waals surface area contributed by atoms with E-state index in [2.05, 4.69) is 49.2 Å². The zero-order chi connectivity index (χ0) is 14.7. The Morgan fingerprint density at radius 3 is 2.60 bits per heavy atom. The van der Waals surface area contributed by atoms with Crippen LogP contribution in [0, 0.1) is 11.8 Å². The molecule has 1 aliphatic heterocycles. The van der Waals surface area contributed by atoms with Crippen LogP contribution in [0.4, 0.5) is 5.69 Å². The maximum atomic E-state index is 5.58. The Kier molecular flexibility index (Phi) is 4.92. The molecule has 3 nitrogen and oxygen atoms in total. The Morgan fingerprint density at radius 2 is 2.05 bits per heavy atom. The van der Waals surface area contributed by atoms with Crippen LogP contribution in [0.1, 0.15) is 38.8 Å². The minimum absolute atomic E-state index is 0.291. The zero-order valence-electron chi connectivity index (χ0n) is 13.4. The van der Waals surface area contributed by atoms with Crippen molar-refractivity contribution in [3.05, 3.63) is 23.8 Å². The van der Waals surface area contributed by atoms with Gasteiger partial charge in [0.15, 0.2) is 0 Å². The number of hydrogen-bond donors (Lipinski definition) is 1. The molecule has 2 unspecified atom stereocenters. The second-order valence-electron chi connectivity index (χ2n) is 6.14. The summed E-state index contributed by atoms with van der Waals surface area (Å²) < 4.78 is 5.58. The molecule has 0 saturated carbocycles. The largest absolute Gasteiger partial charge is 0.496 e. The van der Waals surface area contributed by atoms with Crippen LogP contribution in [0.2, 0.25) is 0 Å². The van der Waals surface area contributed by atoms with E-state index >= 15 is 0 Å². The molecule has 1 aromatic carbocycles. The fourth-order valence-electron chi connectivity index (χ4n) is 3.12. The normalized spacial score (nSPS) is 20.5. The van der Waals surface area contributed by atoms with Gasteiger partial charge in [-0.2, -0.15) is 0 Å². The monoisotopic (exact) mass is 276 g/mol. The molecule has 1 aromatic rings. The summed E-state index contributed by atoms with van der Waals surface area (Å²) in [6.07, 6.45) is 1.29. The number of hydrogen-bond acceptors (Lipinski definition) is 3. The van der Waals surface area contributed by atoms with Gasteiger partial charge in [-0.05, 0) is 44.4 Å². The van der Waals surface area contributed by atoms with Crippen molar-refractivity contribution >= 4 is 5.69 Å². The summed E-state index contributed by atoms with van der Waals surface area (Å²) in [5, 5.41) is 3.35. The summed E-state index contributed by atoms with van der Waals surface area (Å²) in [7, 11) is 3.76. The Balaban J connectivity index is 2.32. The topological polar surface area (TPSA) is 24.5 Å². The zero-order valence-corrected chi connectivity index (χ0v) is 13.4. The number of nitrogens with one attached hydrogen (secondary N) is 1. The van der Waals surface area contributed by atoms with E-state index in [9.17, 15) is 0 Å². The molecular weight excluding hydrogens is 248 g/mol. The second-order valence-corrected chi connectivity index (χ2v) is 6.14. The summed E-state index contributed by atoms with van der Waals surface area (Å²) in [5.74, 6) is 2.55.